The number of hydrogen-bond donors (Lipinski definition) is 2. The number of amides is 1. The normalized spacial score (nSPS) is 10.3. The molecule has 2 rings (SSSR count). The van der Waals surface area contributed by atoms with E-state index in [4.69, 9.17) is 10.3 Å². The molecule has 1 aromatic carbocycles. The minimum absolute atomic E-state index is 0.434. The van der Waals surface area contributed by atoms with Gasteiger partial charge >= 0.3 is 0 Å². The number of benzene rings is 1. The van der Waals surface area contributed by atoms with Crippen LogP contribution in [0.5, 0.6) is 0 Å². The van der Waals surface area contributed by atoms with Gasteiger partial charge in [-0.25, -0.2) is 0 Å². The summed E-state index contributed by atoms with van der Waals surface area (Å²) in [6, 6.07) is 7.07. The third kappa shape index (κ3) is 2.51. The highest BCUT2D eigenvalue weighted by Crippen LogP contribution is 2.16. The number of aryl methyl sites for hydroxylation is 2. The zero-order chi connectivity index (χ0) is 13.1. The van der Waals surface area contributed by atoms with Crippen LogP contribution in [0.2, 0.25) is 0 Å². The zero-order valence-electron chi connectivity index (χ0n) is 10.4. The Hall–Kier alpha value is -2.30. The predicted molar refractivity (Wildman–Crippen MR) is 68.3 cm³/mol. The fourth-order valence-electron chi connectivity index (χ4n) is 1.73. The predicted octanol–water partition coefficient (Wildman–Crippen LogP) is 2.00. The summed E-state index contributed by atoms with van der Waals surface area (Å²) in [7, 11) is 0. The molecule has 0 radical (unpaired) electrons. The Bertz CT molecular complexity index is 556. The summed E-state index contributed by atoms with van der Waals surface area (Å²) in [5.41, 5.74) is 8.45. The van der Waals surface area contributed by atoms with E-state index in [9.17, 15) is 4.79 Å². The first kappa shape index (κ1) is 12.2. The van der Waals surface area contributed by atoms with E-state index in [1.165, 1.54) is 0 Å². The summed E-state index contributed by atoms with van der Waals surface area (Å²) in [5, 5.41) is 7.10. The van der Waals surface area contributed by atoms with Crippen molar-refractivity contribution in [2.75, 3.05) is 5.32 Å². The number of rotatable bonds is 4. The molecule has 0 fully saturated rings. The van der Waals surface area contributed by atoms with Crippen molar-refractivity contribution in [3.8, 4) is 0 Å². The van der Waals surface area contributed by atoms with E-state index in [0.29, 0.717) is 12.1 Å². The molecule has 0 aliphatic rings. The molecule has 1 aromatic heterocycles. The Morgan fingerprint density at radius 3 is 2.83 bits per heavy atom. The molecule has 0 aliphatic heterocycles. The van der Waals surface area contributed by atoms with Crippen LogP contribution >= 0.6 is 0 Å². The maximum Gasteiger partial charge on any atom is 0.248 e. The molecule has 0 saturated carbocycles. The van der Waals surface area contributed by atoms with Gasteiger partial charge in [0.15, 0.2) is 0 Å². The van der Waals surface area contributed by atoms with Gasteiger partial charge < -0.3 is 15.6 Å². The monoisotopic (exact) mass is 245 g/mol. The fraction of sp³-hybridized carbons (Fsp3) is 0.231. The fourth-order valence-corrected chi connectivity index (χ4v) is 1.73. The van der Waals surface area contributed by atoms with Crippen LogP contribution in [0.1, 0.15) is 27.4 Å². The standard InChI is InChI=1S/C13H15N3O2/c1-8-12(9(2)18-16-8)7-15-11-5-3-4-10(6-11)13(14)17/h3-6,15H,7H2,1-2H3,(H2,14,17). The number of primary amides is 1. The molecule has 1 heterocycles. The number of nitrogens with two attached hydrogens (primary N) is 1. The number of carbonyl (C=O) groups excluding carboxylic acids is 1. The maximum absolute atomic E-state index is 11.1. The molecule has 94 valence electrons. The van der Waals surface area contributed by atoms with Crippen LogP contribution in [0.3, 0.4) is 0 Å². The van der Waals surface area contributed by atoms with Crippen molar-refractivity contribution in [3.05, 3.63) is 46.8 Å². The molecule has 0 unspecified atom stereocenters. The van der Waals surface area contributed by atoms with Gasteiger partial charge in [-0.15, -0.1) is 0 Å². The van der Waals surface area contributed by atoms with E-state index < -0.39 is 5.91 Å². The summed E-state index contributed by atoms with van der Waals surface area (Å²) >= 11 is 0. The Morgan fingerprint density at radius 2 is 2.22 bits per heavy atom. The number of carbonyl (C=O) groups is 1. The quantitative estimate of drug-likeness (QED) is 0.863. The van der Waals surface area contributed by atoms with Crippen molar-refractivity contribution in [1.82, 2.24) is 5.16 Å². The van der Waals surface area contributed by atoms with Crippen molar-refractivity contribution in [3.63, 3.8) is 0 Å². The molecule has 3 N–H and O–H groups in total. The van der Waals surface area contributed by atoms with Crippen molar-refractivity contribution in [1.29, 1.82) is 0 Å². The lowest BCUT2D eigenvalue weighted by molar-refractivity contribution is 0.100. The molecule has 2 aromatic rings. The van der Waals surface area contributed by atoms with Gasteiger partial charge in [0, 0.05) is 23.4 Å². The van der Waals surface area contributed by atoms with Gasteiger partial charge in [-0.05, 0) is 32.0 Å². The van der Waals surface area contributed by atoms with Crippen LogP contribution in [0.4, 0.5) is 5.69 Å². The Balaban J connectivity index is 2.11. The SMILES string of the molecule is Cc1noc(C)c1CNc1cccc(C(N)=O)c1. The van der Waals surface area contributed by atoms with Gasteiger partial charge in [0.2, 0.25) is 5.91 Å². The summed E-state index contributed by atoms with van der Waals surface area (Å²) in [5.74, 6) is 0.363. The average Bonchev–Trinajstić information content (AvgIpc) is 2.67. The van der Waals surface area contributed by atoms with Gasteiger partial charge in [0.05, 0.1) is 5.69 Å². The Labute approximate surface area is 105 Å². The minimum Gasteiger partial charge on any atom is -0.381 e. The van der Waals surface area contributed by atoms with Crippen molar-refractivity contribution < 1.29 is 9.32 Å². The van der Waals surface area contributed by atoms with Crippen LogP contribution < -0.4 is 11.1 Å². The third-order valence-electron chi connectivity index (χ3n) is 2.80. The second kappa shape index (κ2) is 4.91. The number of nitrogens with zero attached hydrogens (tertiary/aromatic N) is 1. The molecule has 1 amide bonds. The van der Waals surface area contributed by atoms with Gasteiger partial charge in [0.25, 0.3) is 0 Å². The second-order valence-corrected chi connectivity index (χ2v) is 4.10. The summed E-state index contributed by atoms with van der Waals surface area (Å²) in [4.78, 5) is 11.1. The van der Waals surface area contributed by atoms with E-state index in [0.717, 1.165) is 22.7 Å². The summed E-state index contributed by atoms with van der Waals surface area (Å²) in [6.07, 6.45) is 0. The second-order valence-electron chi connectivity index (χ2n) is 4.10. The maximum atomic E-state index is 11.1. The summed E-state index contributed by atoms with van der Waals surface area (Å²) < 4.78 is 5.08. The number of nitrogens with one attached hydrogen (secondary N) is 1. The minimum atomic E-state index is -0.434. The molecule has 0 atom stereocenters. The smallest absolute Gasteiger partial charge is 0.248 e. The van der Waals surface area contributed by atoms with Crippen molar-refractivity contribution >= 4 is 11.6 Å². The highest BCUT2D eigenvalue weighted by molar-refractivity contribution is 5.93. The molecule has 5 heteroatoms. The first-order chi connectivity index (χ1) is 8.58. The van der Waals surface area contributed by atoms with Crippen LogP contribution in [-0.2, 0) is 6.54 Å². The van der Waals surface area contributed by atoms with E-state index in [1.807, 2.05) is 19.9 Å². The van der Waals surface area contributed by atoms with Crippen LogP contribution in [0.25, 0.3) is 0 Å². The average molecular weight is 245 g/mol. The molecule has 0 saturated heterocycles. The largest absolute Gasteiger partial charge is 0.381 e. The third-order valence-corrected chi connectivity index (χ3v) is 2.80. The molecule has 0 aliphatic carbocycles. The van der Waals surface area contributed by atoms with E-state index in [1.54, 1.807) is 18.2 Å². The van der Waals surface area contributed by atoms with Gasteiger partial charge in [-0.3, -0.25) is 4.79 Å². The van der Waals surface area contributed by atoms with Crippen LogP contribution in [-0.4, -0.2) is 11.1 Å². The lowest BCUT2D eigenvalue weighted by atomic mass is 10.1. The summed E-state index contributed by atoms with van der Waals surface area (Å²) in [6.45, 7) is 4.37. The van der Waals surface area contributed by atoms with Gasteiger partial charge in [-0.2, -0.15) is 0 Å². The molecular formula is C13H15N3O2. The molecule has 5 nitrogen and oxygen atoms in total. The highest BCUT2D eigenvalue weighted by atomic mass is 16.5. The zero-order valence-corrected chi connectivity index (χ0v) is 10.4. The Morgan fingerprint density at radius 1 is 1.44 bits per heavy atom. The lowest BCUT2D eigenvalue weighted by Gasteiger charge is -2.06. The topological polar surface area (TPSA) is 81.2 Å². The van der Waals surface area contributed by atoms with E-state index >= 15 is 0 Å². The first-order valence-corrected chi connectivity index (χ1v) is 5.63. The Kier molecular flexibility index (Phi) is 3.32. The van der Waals surface area contributed by atoms with Crippen LogP contribution in [0, 0.1) is 13.8 Å². The molecule has 0 spiro atoms. The number of aromatic nitrogens is 1. The number of hydrogen-bond acceptors (Lipinski definition) is 4. The molecular weight excluding hydrogens is 230 g/mol. The molecule has 18 heavy (non-hydrogen) atoms. The van der Waals surface area contributed by atoms with Crippen LogP contribution in [0.15, 0.2) is 28.8 Å². The van der Waals surface area contributed by atoms with Crippen molar-refractivity contribution in [2.24, 2.45) is 5.73 Å². The lowest BCUT2D eigenvalue weighted by Crippen LogP contribution is -2.11. The molecule has 0 bridgehead atoms. The van der Waals surface area contributed by atoms with Gasteiger partial charge in [0.1, 0.15) is 5.76 Å². The van der Waals surface area contributed by atoms with Crippen molar-refractivity contribution in [2.45, 2.75) is 20.4 Å². The number of anilines is 1. The van der Waals surface area contributed by atoms with E-state index in [2.05, 4.69) is 10.5 Å². The highest BCUT2D eigenvalue weighted by Gasteiger charge is 2.08. The van der Waals surface area contributed by atoms with E-state index in [-0.39, 0.29) is 0 Å². The van der Waals surface area contributed by atoms with Gasteiger partial charge in [-0.1, -0.05) is 11.2 Å². The first-order valence-electron chi connectivity index (χ1n) is 5.63.